The Labute approximate surface area is 135 Å². The van der Waals surface area contributed by atoms with Crippen LogP contribution in [0.25, 0.3) is 0 Å². The molecular formula is C15H22ClF2N3O. The highest BCUT2D eigenvalue weighted by Crippen LogP contribution is 2.19. The zero-order chi connectivity index (χ0) is 15.2. The summed E-state index contributed by atoms with van der Waals surface area (Å²) in [5.41, 5.74) is 5.74. The lowest BCUT2D eigenvalue weighted by Gasteiger charge is -2.35. The first-order valence-corrected chi connectivity index (χ1v) is 7.28. The number of nitrogens with one attached hydrogen (secondary N) is 1. The number of rotatable bonds is 5. The molecule has 7 heteroatoms. The standard InChI is InChI=1S/C15H21F2N3O.ClH/c16-11-7-12(17)9-13(8-11)19-15(21)10-20-6-2-1-3-14(20)4-5-18;/h7-9,14H,1-6,10,18H2,(H,19,21);1H. The SMILES string of the molecule is Cl.NCCC1CCCCN1CC(=O)Nc1cc(F)cc(F)c1. The lowest BCUT2D eigenvalue weighted by molar-refractivity contribution is -0.118. The van der Waals surface area contributed by atoms with Gasteiger partial charge in [0.05, 0.1) is 6.54 Å². The van der Waals surface area contributed by atoms with E-state index in [0.717, 1.165) is 50.4 Å². The number of amides is 1. The number of hydrogen-bond acceptors (Lipinski definition) is 3. The van der Waals surface area contributed by atoms with E-state index in [4.69, 9.17) is 5.73 Å². The van der Waals surface area contributed by atoms with Crippen molar-refractivity contribution in [1.82, 2.24) is 4.90 Å². The molecule has 1 atom stereocenters. The molecule has 1 aromatic rings. The Kier molecular flexibility index (Phi) is 7.72. The van der Waals surface area contributed by atoms with E-state index in [1.165, 1.54) is 0 Å². The van der Waals surface area contributed by atoms with E-state index >= 15 is 0 Å². The quantitative estimate of drug-likeness (QED) is 0.870. The maximum atomic E-state index is 13.1. The normalized spacial score (nSPS) is 18.6. The predicted molar refractivity (Wildman–Crippen MR) is 85.1 cm³/mol. The second kappa shape index (κ2) is 9.02. The molecule has 1 aliphatic rings. The molecule has 1 aliphatic heterocycles. The molecule has 0 saturated carbocycles. The van der Waals surface area contributed by atoms with Crippen molar-refractivity contribution in [2.75, 3.05) is 25.0 Å². The van der Waals surface area contributed by atoms with E-state index in [0.29, 0.717) is 12.6 Å². The molecule has 3 N–H and O–H groups in total. The Morgan fingerprint density at radius 2 is 1.95 bits per heavy atom. The van der Waals surface area contributed by atoms with Crippen LogP contribution in [0.2, 0.25) is 0 Å². The van der Waals surface area contributed by atoms with Crippen LogP contribution in [0.4, 0.5) is 14.5 Å². The van der Waals surface area contributed by atoms with Crippen LogP contribution in [0.5, 0.6) is 0 Å². The summed E-state index contributed by atoms with van der Waals surface area (Å²) in [6, 6.07) is 3.31. The third kappa shape index (κ3) is 5.51. The molecule has 0 bridgehead atoms. The number of halogens is 3. The van der Waals surface area contributed by atoms with Gasteiger partial charge < -0.3 is 11.1 Å². The van der Waals surface area contributed by atoms with Gasteiger partial charge in [-0.1, -0.05) is 6.42 Å². The molecule has 0 aliphatic carbocycles. The predicted octanol–water partition coefficient (Wildman–Crippen LogP) is 2.53. The van der Waals surface area contributed by atoms with Crippen LogP contribution in [0.1, 0.15) is 25.7 Å². The second-order valence-corrected chi connectivity index (χ2v) is 5.40. The third-order valence-corrected chi connectivity index (χ3v) is 3.74. The Morgan fingerprint density at radius 1 is 1.27 bits per heavy atom. The number of piperidine rings is 1. The molecule has 1 aromatic carbocycles. The van der Waals surface area contributed by atoms with Crippen LogP contribution < -0.4 is 11.1 Å². The van der Waals surface area contributed by atoms with E-state index in [2.05, 4.69) is 10.2 Å². The first-order chi connectivity index (χ1) is 10.1. The van der Waals surface area contributed by atoms with Crippen LogP contribution in [0.15, 0.2) is 18.2 Å². The number of likely N-dealkylation sites (tertiary alicyclic amines) is 1. The number of anilines is 1. The molecule has 0 radical (unpaired) electrons. The van der Waals surface area contributed by atoms with Crippen molar-refractivity contribution < 1.29 is 13.6 Å². The molecule has 1 fully saturated rings. The van der Waals surface area contributed by atoms with Gasteiger partial charge in [0.1, 0.15) is 11.6 Å². The van der Waals surface area contributed by atoms with Gasteiger partial charge >= 0.3 is 0 Å². The van der Waals surface area contributed by atoms with Crippen molar-refractivity contribution in [3.8, 4) is 0 Å². The highest BCUT2D eigenvalue weighted by atomic mass is 35.5. The molecule has 1 saturated heterocycles. The Balaban J connectivity index is 0.00000242. The van der Waals surface area contributed by atoms with Crippen LogP contribution in [-0.4, -0.2) is 36.5 Å². The summed E-state index contributed by atoms with van der Waals surface area (Å²) in [6.07, 6.45) is 4.11. The second-order valence-electron chi connectivity index (χ2n) is 5.40. The van der Waals surface area contributed by atoms with Gasteiger partial charge in [-0.05, 0) is 44.5 Å². The summed E-state index contributed by atoms with van der Waals surface area (Å²) in [5, 5.41) is 2.54. The van der Waals surface area contributed by atoms with E-state index in [1.54, 1.807) is 0 Å². The van der Waals surface area contributed by atoms with Gasteiger partial charge in [0.2, 0.25) is 5.91 Å². The lowest BCUT2D eigenvalue weighted by atomic mass is 9.99. The number of benzene rings is 1. The minimum Gasteiger partial charge on any atom is -0.330 e. The van der Waals surface area contributed by atoms with Crippen LogP contribution in [0.3, 0.4) is 0 Å². The van der Waals surface area contributed by atoms with Gasteiger partial charge in [0, 0.05) is 17.8 Å². The van der Waals surface area contributed by atoms with Crippen LogP contribution in [-0.2, 0) is 4.79 Å². The summed E-state index contributed by atoms with van der Waals surface area (Å²) < 4.78 is 26.2. The summed E-state index contributed by atoms with van der Waals surface area (Å²) in [4.78, 5) is 14.1. The number of carbonyl (C=O) groups excluding carboxylic acids is 1. The summed E-state index contributed by atoms with van der Waals surface area (Å²) in [7, 11) is 0. The molecule has 0 spiro atoms. The highest BCUT2D eigenvalue weighted by molar-refractivity contribution is 5.92. The molecule has 124 valence electrons. The third-order valence-electron chi connectivity index (χ3n) is 3.74. The minimum absolute atomic E-state index is 0. The fourth-order valence-corrected chi connectivity index (χ4v) is 2.80. The number of hydrogen-bond donors (Lipinski definition) is 2. The van der Waals surface area contributed by atoms with Crippen molar-refractivity contribution >= 4 is 24.0 Å². The molecule has 2 rings (SSSR count). The van der Waals surface area contributed by atoms with Crippen LogP contribution >= 0.6 is 12.4 Å². The maximum absolute atomic E-state index is 13.1. The monoisotopic (exact) mass is 333 g/mol. The van der Waals surface area contributed by atoms with E-state index in [1.807, 2.05) is 0 Å². The van der Waals surface area contributed by atoms with E-state index in [9.17, 15) is 13.6 Å². The zero-order valence-electron chi connectivity index (χ0n) is 12.4. The summed E-state index contributed by atoms with van der Waals surface area (Å²) >= 11 is 0. The summed E-state index contributed by atoms with van der Waals surface area (Å²) in [6.45, 7) is 1.68. The first-order valence-electron chi connectivity index (χ1n) is 7.28. The van der Waals surface area contributed by atoms with Gasteiger partial charge in [-0.3, -0.25) is 9.69 Å². The van der Waals surface area contributed by atoms with Crippen molar-refractivity contribution in [3.05, 3.63) is 29.8 Å². The highest BCUT2D eigenvalue weighted by Gasteiger charge is 2.23. The van der Waals surface area contributed by atoms with Crippen molar-refractivity contribution in [1.29, 1.82) is 0 Å². The number of nitrogens with zero attached hydrogens (tertiary/aromatic N) is 1. The maximum Gasteiger partial charge on any atom is 0.238 e. The minimum atomic E-state index is -0.704. The van der Waals surface area contributed by atoms with Gasteiger partial charge in [-0.15, -0.1) is 12.4 Å². The topological polar surface area (TPSA) is 58.4 Å². The van der Waals surface area contributed by atoms with Crippen LogP contribution in [0, 0.1) is 11.6 Å². The Morgan fingerprint density at radius 3 is 2.59 bits per heavy atom. The van der Waals surface area contributed by atoms with E-state index < -0.39 is 11.6 Å². The largest absolute Gasteiger partial charge is 0.330 e. The Hall–Kier alpha value is -1.24. The molecule has 0 aromatic heterocycles. The zero-order valence-corrected chi connectivity index (χ0v) is 13.2. The molecule has 1 amide bonds. The summed E-state index contributed by atoms with van der Waals surface area (Å²) in [5.74, 6) is -1.67. The molecule has 1 unspecified atom stereocenters. The Bertz CT molecular complexity index is 479. The number of carbonyl (C=O) groups is 1. The van der Waals surface area contributed by atoms with Crippen molar-refractivity contribution in [2.45, 2.75) is 31.7 Å². The fourth-order valence-electron chi connectivity index (χ4n) is 2.80. The average molecular weight is 334 g/mol. The average Bonchev–Trinajstić information content (AvgIpc) is 2.40. The van der Waals surface area contributed by atoms with Gasteiger partial charge in [-0.25, -0.2) is 8.78 Å². The van der Waals surface area contributed by atoms with Gasteiger partial charge in [-0.2, -0.15) is 0 Å². The van der Waals surface area contributed by atoms with Crippen molar-refractivity contribution in [2.24, 2.45) is 5.73 Å². The first kappa shape index (κ1) is 18.8. The van der Waals surface area contributed by atoms with Crippen molar-refractivity contribution in [3.63, 3.8) is 0 Å². The van der Waals surface area contributed by atoms with Gasteiger partial charge in [0.25, 0.3) is 0 Å². The number of nitrogens with two attached hydrogens (primary N) is 1. The van der Waals surface area contributed by atoms with Gasteiger partial charge in [0.15, 0.2) is 0 Å². The van der Waals surface area contributed by atoms with E-state index in [-0.39, 0.29) is 30.5 Å². The molecular weight excluding hydrogens is 312 g/mol. The fraction of sp³-hybridized carbons (Fsp3) is 0.533. The smallest absolute Gasteiger partial charge is 0.238 e. The lowest BCUT2D eigenvalue weighted by Crippen LogP contribution is -2.44. The molecule has 22 heavy (non-hydrogen) atoms. The molecule has 4 nitrogen and oxygen atoms in total. The molecule has 1 heterocycles.